The zero-order valence-electron chi connectivity index (χ0n) is 12.8. The molecule has 0 aromatic rings. The zero-order valence-corrected chi connectivity index (χ0v) is 12.8. The Labute approximate surface area is 126 Å². The van der Waals surface area contributed by atoms with Gasteiger partial charge in [-0.2, -0.15) is 0 Å². The Morgan fingerprint density at radius 3 is 2.86 bits per heavy atom. The van der Waals surface area contributed by atoms with Crippen LogP contribution in [0, 0.1) is 0 Å². The minimum atomic E-state index is 0.0245. The minimum absolute atomic E-state index is 0.0245. The van der Waals surface area contributed by atoms with Gasteiger partial charge in [0.25, 0.3) is 5.91 Å². The number of likely N-dealkylation sites (tertiary alicyclic amines) is 1. The van der Waals surface area contributed by atoms with E-state index < -0.39 is 0 Å². The van der Waals surface area contributed by atoms with Gasteiger partial charge in [0.05, 0.1) is 5.71 Å². The maximum absolute atomic E-state index is 11.9. The van der Waals surface area contributed by atoms with Gasteiger partial charge < -0.3 is 14.6 Å². The molecule has 0 unspecified atom stereocenters. The topological polar surface area (TPSA) is 62.2 Å². The van der Waals surface area contributed by atoms with E-state index >= 15 is 0 Å². The summed E-state index contributed by atoms with van der Waals surface area (Å²) in [5.41, 5.74) is 0.950. The van der Waals surface area contributed by atoms with Crippen LogP contribution < -0.4 is 0 Å². The Morgan fingerprint density at radius 1 is 1.38 bits per heavy atom. The highest BCUT2D eigenvalue weighted by atomic mass is 16.6. The van der Waals surface area contributed by atoms with E-state index in [-0.39, 0.29) is 18.6 Å². The molecular formula is C15H25N3O3. The van der Waals surface area contributed by atoms with Crippen LogP contribution in [0.5, 0.6) is 0 Å². The van der Waals surface area contributed by atoms with Crippen molar-refractivity contribution >= 4 is 18.0 Å². The van der Waals surface area contributed by atoms with Gasteiger partial charge in [0, 0.05) is 32.6 Å². The first kappa shape index (κ1) is 15.8. The van der Waals surface area contributed by atoms with Gasteiger partial charge in [-0.25, -0.2) is 0 Å². The van der Waals surface area contributed by atoms with Gasteiger partial charge in [-0.3, -0.25) is 9.59 Å². The molecule has 2 rings (SSSR count). The number of nitrogens with zero attached hydrogens (tertiary/aromatic N) is 3. The second-order valence-electron chi connectivity index (χ2n) is 5.89. The molecule has 0 bridgehead atoms. The van der Waals surface area contributed by atoms with Gasteiger partial charge in [-0.15, -0.1) is 0 Å². The van der Waals surface area contributed by atoms with E-state index in [1.807, 2.05) is 4.90 Å². The van der Waals surface area contributed by atoms with Crippen LogP contribution in [-0.4, -0.2) is 60.6 Å². The van der Waals surface area contributed by atoms with E-state index in [1.165, 1.54) is 6.42 Å². The first-order valence-corrected chi connectivity index (χ1v) is 7.83. The standard InChI is InChI=1S/C15H25N3O3/c1-17(12-19)14-7-5-6-13(10-14)16-21-11-15(20)18-8-3-2-4-9-18/h12,14H,2-11H2,1H3/b16-13+/t14-/m1/s1. The molecule has 21 heavy (non-hydrogen) atoms. The number of amides is 2. The molecule has 1 saturated carbocycles. The molecule has 0 N–H and O–H groups in total. The Hall–Kier alpha value is -1.59. The van der Waals surface area contributed by atoms with Crippen LogP contribution in [-0.2, 0) is 14.4 Å². The number of rotatable bonds is 5. The highest BCUT2D eigenvalue weighted by molar-refractivity contribution is 5.85. The van der Waals surface area contributed by atoms with Crippen LogP contribution in [0.25, 0.3) is 0 Å². The predicted molar refractivity (Wildman–Crippen MR) is 79.9 cm³/mol. The number of hydrogen-bond donors (Lipinski definition) is 0. The Balaban J connectivity index is 1.75. The SMILES string of the molecule is CN(C=O)[C@@H]1CCC/C(=N\OCC(=O)N2CCCCC2)C1. The Kier molecular flexibility index (Phi) is 6.02. The molecule has 1 aliphatic carbocycles. The number of carbonyl (C=O) groups is 2. The number of hydrogen-bond acceptors (Lipinski definition) is 4. The minimum Gasteiger partial charge on any atom is -0.386 e. The predicted octanol–water partition coefficient (Wildman–Crippen LogP) is 1.40. The summed E-state index contributed by atoms with van der Waals surface area (Å²) in [6.45, 7) is 1.70. The van der Waals surface area contributed by atoms with Crippen LogP contribution in [0.3, 0.4) is 0 Å². The van der Waals surface area contributed by atoms with Crippen LogP contribution in [0.1, 0.15) is 44.9 Å². The zero-order chi connectivity index (χ0) is 15.1. The van der Waals surface area contributed by atoms with Gasteiger partial charge in [0.15, 0.2) is 6.61 Å². The van der Waals surface area contributed by atoms with Gasteiger partial charge in [0.1, 0.15) is 0 Å². The fourth-order valence-corrected chi connectivity index (χ4v) is 2.95. The lowest BCUT2D eigenvalue weighted by atomic mass is 9.93. The van der Waals surface area contributed by atoms with Crippen molar-refractivity contribution in [1.82, 2.24) is 9.80 Å². The summed E-state index contributed by atoms with van der Waals surface area (Å²) < 4.78 is 0. The van der Waals surface area contributed by atoms with Crippen LogP contribution >= 0.6 is 0 Å². The van der Waals surface area contributed by atoms with Crippen LogP contribution in [0.4, 0.5) is 0 Å². The fraction of sp³-hybridized carbons (Fsp3) is 0.800. The summed E-state index contributed by atoms with van der Waals surface area (Å²) in [5.74, 6) is 0.0245. The maximum Gasteiger partial charge on any atom is 0.263 e. The molecule has 0 radical (unpaired) electrons. The van der Waals surface area contributed by atoms with Gasteiger partial charge in [-0.1, -0.05) is 5.16 Å². The second-order valence-corrected chi connectivity index (χ2v) is 5.89. The summed E-state index contributed by atoms with van der Waals surface area (Å²) in [4.78, 5) is 31.5. The number of piperidine rings is 1. The molecule has 2 fully saturated rings. The van der Waals surface area contributed by atoms with Gasteiger partial charge in [-0.05, 0) is 38.5 Å². The summed E-state index contributed by atoms with van der Waals surface area (Å²) in [7, 11) is 1.79. The molecule has 0 aromatic carbocycles. The molecule has 1 atom stereocenters. The number of oxime groups is 1. The average Bonchev–Trinajstić information content (AvgIpc) is 2.55. The van der Waals surface area contributed by atoms with Crippen molar-refractivity contribution in [2.75, 3.05) is 26.7 Å². The van der Waals surface area contributed by atoms with Gasteiger partial charge in [0.2, 0.25) is 6.41 Å². The second kappa shape index (κ2) is 8.00. The van der Waals surface area contributed by atoms with Crippen molar-refractivity contribution in [2.24, 2.45) is 5.16 Å². The molecule has 6 heteroatoms. The molecule has 1 heterocycles. The van der Waals surface area contributed by atoms with E-state index in [4.69, 9.17) is 4.84 Å². The molecule has 118 valence electrons. The van der Waals surface area contributed by atoms with Crippen molar-refractivity contribution < 1.29 is 14.4 Å². The highest BCUT2D eigenvalue weighted by Gasteiger charge is 2.22. The highest BCUT2D eigenvalue weighted by Crippen LogP contribution is 2.19. The molecule has 2 aliphatic rings. The molecule has 0 aromatic heterocycles. The third-order valence-electron chi connectivity index (χ3n) is 4.31. The summed E-state index contributed by atoms with van der Waals surface area (Å²) in [6.07, 6.45) is 7.87. The smallest absolute Gasteiger partial charge is 0.263 e. The lowest BCUT2D eigenvalue weighted by Gasteiger charge is -2.29. The molecule has 1 aliphatic heterocycles. The Bertz CT molecular complexity index is 392. The molecule has 6 nitrogen and oxygen atoms in total. The Morgan fingerprint density at radius 2 is 2.14 bits per heavy atom. The third kappa shape index (κ3) is 4.72. The lowest BCUT2D eigenvalue weighted by molar-refractivity contribution is -0.137. The van der Waals surface area contributed by atoms with Crippen molar-refractivity contribution in [2.45, 2.75) is 51.0 Å². The van der Waals surface area contributed by atoms with E-state index in [2.05, 4.69) is 5.16 Å². The first-order valence-electron chi connectivity index (χ1n) is 7.83. The summed E-state index contributed by atoms with van der Waals surface area (Å²) in [5, 5.41) is 4.11. The third-order valence-corrected chi connectivity index (χ3v) is 4.31. The van der Waals surface area contributed by atoms with E-state index in [0.29, 0.717) is 0 Å². The largest absolute Gasteiger partial charge is 0.386 e. The molecule has 0 spiro atoms. The molecule has 2 amide bonds. The molecule has 1 saturated heterocycles. The van der Waals surface area contributed by atoms with Crippen molar-refractivity contribution in [3.63, 3.8) is 0 Å². The van der Waals surface area contributed by atoms with Crippen LogP contribution in [0.2, 0.25) is 0 Å². The quantitative estimate of drug-likeness (QED) is 0.569. The van der Waals surface area contributed by atoms with E-state index in [0.717, 1.165) is 63.7 Å². The van der Waals surface area contributed by atoms with Gasteiger partial charge >= 0.3 is 0 Å². The van der Waals surface area contributed by atoms with E-state index in [1.54, 1.807) is 11.9 Å². The average molecular weight is 295 g/mol. The van der Waals surface area contributed by atoms with Crippen LogP contribution in [0.15, 0.2) is 5.16 Å². The lowest BCUT2D eigenvalue weighted by Crippen LogP contribution is -2.38. The first-order chi connectivity index (χ1) is 10.2. The summed E-state index contributed by atoms with van der Waals surface area (Å²) >= 11 is 0. The van der Waals surface area contributed by atoms with Crippen molar-refractivity contribution in [1.29, 1.82) is 0 Å². The fourth-order valence-electron chi connectivity index (χ4n) is 2.95. The summed E-state index contributed by atoms with van der Waals surface area (Å²) in [6, 6.07) is 0.205. The maximum atomic E-state index is 11.9. The monoisotopic (exact) mass is 295 g/mol. The van der Waals surface area contributed by atoms with Crippen molar-refractivity contribution in [3.8, 4) is 0 Å². The normalized spacial score (nSPS) is 24.7. The van der Waals surface area contributed by atoms with E-state index in [9.17, 15) is 9.59 Å². The number of carbonyl (C=O) groups excluding carboxylic acids is 2. The van der Waals surface area contributed by atoms with Crippen molar-refractivity contribution in [3.05, 3.63) is 0 Å². The molecular weight excluding hydrogens is 270 g/mol.